The van der Waals surface area contributed by atoms with Gasteiger partial charge in [-0.2, -0.15) is 0 Å². The second-order valence-corrected chi connectivity index (χ2v) is 4.38. The van der Waals surface area contributed by atoms with Crippen molar-refractivity contribution in [2.24, 2.45) is 0 Å². The minimum Gasteiger partial charge on any atom is -0.355 e. The monoisotopic (exact) mass is 300 g/mol. The summed E-state index contributed by atoms with van der Waals surface area (Å²) in [6.07, 6.45) is 0. The van der Waals surface area contributed by atoms with Gasteiger partial charge in [0.05, 0.1) is 6.54 Å². The highest BCUT2D eigenvalue weighted by molar-refractivity contribution is 9.10. The highest BCUT2D eigenvalue weighted by atomic mass is 79.9. The molecule has 0 aliphatic heterocycles. The van der Waals surface area contributed by atoms with E-state index in [1.807, 2.05) is 31.7 Å². The third-order valence-corrected chi connectivity index (χ3v) is 2.61. The van der Waals surface area contributed by atoms with Crippen LogP contribution in [0, 0.1) is 6.92 Å². The zero-order valence-electron chi connectivity index (χ0n) is 10.3. The van der Waals surface area contributed by atoms with Crippen LogP contribution in [0.4, 0.5) is 5.82 Å². The van der Waals surface area contributed by atoms with E-state index in [1.165, 1.54) is 0 Å². The zero-order chi connectivity index (χ0) is 12.8. The number of aromatic nitrogens is 2. The molecule has 5 nitrogen and oxygen atoms in total. The van der Waals surface area contributed by atoms with Gasteiger partial charge in [-0.1, -0.05) is 0 Å². The van der Waals surface area contributed by atoms with Crippen molar-refractivity contribution in [3.05, 3.63) is 16.5 Å². The molecule has 0 atom stereocenters. The van der Waals surface area contributed by atoms with Gasteiger partial charge in [0.2, 0.25) is 5.91 Å². The van der Waals surface area contributed by atoms with E-state index < -0.39 is 0 Å². The maximum Gasteiger partial charge on any atom is 0.239 e. The van der Waals surface area contributed by atoms with E-state index in [1.54, 1.807) is 0 Å². The topological polar surface area (TPSA) is 58.1 Å². The van der Waals surface area contributed by atoms with Gasteiger partial charge in [-0.05, 0) is 36.7 Å². The fourth-order valence-electron chi connectivity index (χ4n) is 1.46. The molecule has 0 spiro atoms. The van der Waals surface area contributed by atoms with Crippen molar-refractivity contribution in [1.82, 2.24) is 15.3 Å². The smallest absolute Gasteiger partial charge is 0.239 e. The van der Waals surface area contributed by atoms with Crippen LogP contribution in [0.25, 0.3) is 0 Å². The number of hydrogen-bond donors (Lipinski definition) is 1. The number of anilines is 1. The molecule has 0 saturated carbocycles. The molecule has 0 saturated heterocycles. The highest BCUT2D eigenvalue weighted by Crippen LogP contribution is 2.15. The minimum absolute atomic E-state index is 0.00161. The van der Waals surface area contributed by atoms with Crippen LogP contribution < -0.4 is 10.2 Å². The first-order chi connectivity index (χ1) is 8.06. The molecular formula is C11H17BrN4O. The lowest BCUT2D eigenvalue weighted by Crippen LogP contribution is -2.37. The van der Waals surface area contributed by atoms with E-state index in [0.717, 1.165) is 17.0 Å². The van der Waals surface area contributed by atoms with Crippen LogP contribution in [0.1, 0.15) is 19.7 Å². The van der Waals surface area contributed by atoms with Gasteiger partial charge in [0.1, 0.15) is 16.2 Å². The summed E-state index contributed by atoms with van der Waals surface area (Å²) in [6.45, 7) is 7.40. The van der Waals surface area contributed by atoms with E-state index >= 15 is 0 Å². The summed E-state index contributed by atoms with van der Waals surface area (Å²) in [5, 5.41) is 2.77. The van der Waals surface area contributed by atoms with Gasteiger partial charge in [0.15, 0.2) is 0 Å². The Morgan fingerprint density at radius 3 is 2.71 bits per heavy atom. The first kappa shape index (κ1) is 13.9. The van der Waals surface area contributed by atoms with Crippen molar-refractivity contribution in [2.45, 2.75) is 20.8 Å². The number of likely N-dealkylation sites (N-methyl/N-ethyl adjacent to an activating group) is 2. The van der Waals surface area contributed by atoms with E-state index in [4.69, 9.17) is 0 Å². The van der Waals surface area contributed by atoms with Gasteiger partial charge >= 0.3 is 0 Å². The summed E-state index contributed by atoms with van der Waals surface area (Å²) < 4.78 is 0.731. The van der Waals surface area contributed by atoms with E-state index in [2.05, 4.69) is 31.2 Å². The zero-order valence-corrected chi connectivity index (χ0v) is 11.9. The van der Waals surface area contributed by atoms with Gasteiger partial charge in [0.25, 0.3) is 0 Å². The molecule has 1 aromatic rings. The van der Waals surface area contributed by atoms with Crippen molar-refractivity contribution in [2.75, 3.05) is 24.5 Å². The Morgan fingerprint density at radius 2 is 2.18 bits per heavy atom. The summed E-state index contributed by atoms with van der Waals surface area (Å²) in [4.78, 5) is 21.9. The maximum atomic E-state index is 11.5. The molecule has 0 radical (unpaired) electrons. The highest BCUT2D eigenvalue weighted by Gasteiger charge is 2.11. The summed E-state index contributed by atoms with van der Waals surface area (Å²) >= 11 is 3.33. The second-order valence-electron chi connectivity index (χ2n) is 3.56. The molecular weight excluding hydrogens is 284 g/mol. The first-order valence-electron chi connectivity index (χ1n) is 5.59. The van der Waals surface area contributed by atoms with Crippen molar-refractivity contribution < 1.29 is 4.79 Å². The molecule has 0 aliphatic carbocycles. The Morgan fingerprint density at radius 1 is 1.47 bits per heavy atom. The summed E-state index contributed by atoms with van der Waals surface area (Å²) in [7, 11) is 0. The van der Waals surface area contributed by atoms with E-state index in [9.17, 15) is 4.79 Å². The molecule has 0 aromatic carbocycles. The molecule has 1 amide bonds. The number of carbonyl (C=O) groups excluding carboxylic acids is 1. The minimum atomic E-state index is 0.00161. The Kier molecular flexibility index (Phi) is 5.34. The second kappa shape index (κ2) is 6.54. The Bertz CT molecular complexity index is 377. The summed E-state index contributed by atoms with van der Waals surface area (Å²) in [5.41, 5.74) is 0. The van der Waals surface area contributed by atoms with Crippen LogP contribution in [0.15, 0.2) is 10.7 Å². The molecule has 1 heterocycles. The van der Waals surface area contributed by atoms with Crippen molar-refractivity contribution in [3.8, 4) is 0 Å². The van der Waals surface area contributed by atoms with Crippen LogP contribution >= 0.6 is 15.9 Å². The molecule has 1 rings (SSSR count). The summed E-state index contributed by atoms with van der Waals surface area (Å²) in [6, 6.07) is 1.82. The average molecular weight is 301 g/mol. The van der Waals surface area contributed by atoms with Crippen LogP contribution in [0.3, 0.4) is 0 Å². The predicted molar refractivity (Wildman–Crippen MR) is 71.0 cm³/mol. The van der Waals surface area contributed by atoms with Gasteiger partial charge in [-0.25, -0.2) is 9.97 Å². The number of rotatable bonds is 5. The molecule has 0 bridgehead atoms. The molecule has 6 heteroatoms. The number of halogens is 1. The molecule has 0 unspecified atom stereocenters. The molecule has 0 fully saturated rings. The lowest BCUT2D eigenvalue weighted by molar-refractivity contribution is -0.119. The fraction of sp³-hybridized carbons (Fsp3) is 0.545. The van der Waals surface area contributed by atoms with E-state index in [-0.39, 0.29) is 5.91 Å². The van der Waals surface area contributed by atoms with Gasteiger partial charge in [0, 0.05) is 19.2 Å². The van der Waals surface area contributed by atoms with Gasteiger partial charge in [-0.3, -0.25) is 4.79 Å². The van der Waals surface area contributed by atoms with Crippen molar-refractivity contribution in [1.29, 1.82) is 0 Å². The third kappa shape index (κ3) is 4.30. The van der Waals surface area contributed by atoms with Crippen molar-refractivity contribution in [3.63, 3.8) is 0 Å². The average Bonchev–Trinajstić information content (AvgIpc) is 2.24. The SMILES string of the molecule is CCNC(=O)CN(CC)c1cc(Br)nc(C)n1. The molecule has 17 heavy (non-hydrogen) atoms. The van der Waals surface area contributed by atoms with Crippen LogP contribution in [0.5, 0.6) is 0 Å². The predicted octanol–water partition coefficient (Wildman–Crippen LogP) is 1.51. The van der Waals surface area contributed by atoms with Crippen LogP contribution in [0.2, 0.25) is 0 Å². The van der Waals surface area contributed by atoms with Crippen LogP contribution in [-0.4, -0.2) is 35.5 Å². The number of aryl methyl sites for hydroxylation is 1. The maximum absolute atomic E-state index is 11.5. The number of nitrogens with one attached hydrogen (secondary N) is 1. The largest absolute Gasteiger partial charge is 0.355 e. The lowest BCUT2D eigenvalue weighted by atomic mass is 10.4. The van der Waals surface area contributed by atoms with Gasteiger partial charge in [-0.15, -0.1) is 0 Å². The molecule has 1 N–H and O–H groups in total. The Balaban J connectivity index is 2.82. The number of carbonyl (C=O) groups is 1. The molecule has 94 valence electrons. The Hall–Kier alpha value is -1.17. The fourth-order valence-corrected chi connectivity index (χ4v) is 1.92. The molecule has 1 aromatic heterocycles. The summed E-state index contributed by atoms with van der Waals surface area (Å²) in [5.74, 6) is 1.45. The van der Waals surface area contributed by atoms with E-state index in [0.29, 0.717) is 18.9 Å². The normalized spacial score (nSPS) is 10.1. The number of hydrogen-bond acceptors (Lipinski definition) is 4. The first-order valence-corrected chi connectivity index (χ1v) is 6.39. The van der Waals surface area contributed by atoms with Gasteiger partial charge < -0.3 is 10.2 Å². The standard InChI is InChI=1S/C11H17BrN4O/c1-4-13-11(17)7-16(5-2)10-6-9(12)14-8(3)15-10/h6H,4-5,7H2,1-3H3,(H,13,17). The quantitative estimate of drug-likeness (QED) is 0.838. The number of nitrogens with zero attached hydrogens (tertiary/aromatic N) is 3. The lowest BCUT2D eigenvalue weighted by Gasteiger charge is -2.21. The number of amides is 1. The Labute approximate surface area is 110 Å². The van der Waals surface area contributed by atoms with Crippen molar-refractivity contribution >= 4 is 27.7 Å². The van der Waals surface area contributed by atoms with Crippen LogP contribution in [-0.2, 0) is 4.79 Å². The molecule has 0 aliphatic rings. The third-order valence-electron chi connectivity index (χ3n) is 2.21.